The molecule has 20 heavy (non-hydrogen) atoms. The van der Waals surface area contributed by atoms with E-state index in [0.29, 0.717) is 13.1 Å². The molecule has 10 heteroatoms. The minimum Gasteiger partial charge on any atom is -0.314 e. The number of nitrogens with zero attached hydrogens (tertiary/aromatic N) is 2. The number of nitro groups is 1. The second kappa shape index (κ2) is 5.71. The van der Waals surface area contributed by atoms with E-state index in [1.807, 2.05) is 5.01 Å². The Morgan fingerprint density at radius 2 is 2.00 bits per heavy atom. The first-order chi connectivity index (χ1) is 9.38. The Bertz CT molecular complexity index is 612. The summed E-state index contributed by atoms with van der Waals surface area (Å²) in [5, 5.41) is 21.0. The monoisotopic (exact) mass is 301 g/mol. The first-order valence-electron chi connectivity index (χ1n) is 5.91. The minimum atomic E-state index is -3.96. The fourth-order valence-electron chi connectivity index (χ4n) is 1.88. The quantitative estimate of drug-likeness (QED) is 0.503. The lowest BCUT2D eigenvalue weighted by molar-refractivity contribution is -0.384. The maximum absolute atomic E-state index is 11.2. The normalized spacial score (nSPS) is 16.9. The van der Waals surface area contributed by atoms with E-state index in [0.717, 1.165) is 19.2 Å². The highest BCUT2D eigenvalue weighted by Crippen LogP contribution is 2.27. The zero-order chi connectivity index (χ0) is 14.8. The average molecular weight is 301 g/mol. The van der Waals surface area contributed by atoms with Crippen LogP contribution in [0.3, 0.4) is 0 Å². The summed E-state index contributed by atoms with van der Waals surface area (Å²) in [6, 6.07) is 3.55. The number of piperazine rings is 1. The van der Waals surface area contributed by atoms with E-state index in [-0.39, 0.29) is 16.3 Å². The number of hydrazine groups is 1. The molecule has 0 saturated carbocycles. The number of anilines is 1. The highest BCUT2D eigenvalue weighted by molar-refractivity contribution is 7.89. The van der Waals surface area contributed by atoms with Crippen LogP contribution in [-0.4, -0.2) is 44.5 Å². The Balaban J connectivity index is 2.30. The number of nitrogens with one attached hydrogen (secondary N) is 2. The molecule has 2 rings (SSSR count). The van der Waals surface area contributed by atoms with Gasteiger partial charge in [0.05, 0.1) is 9.82 Å². The van der Waals surface area contributed by atoms with Crippen LogP contribution in [0.5, 0.6) is 0 Å². The molecule has 1 aliphatic heterocycles. The molecule has 0 bridgehead atoms. The molecule has 0 unspecified atom stereocenters. The van der Waals surface area contributed by atoms with Gasteiger partial charge in [-0.2, -0.15) is 0 Å². The molecule has 0 aromatic heterocycles. The Labute approximate surface area is 115 Å². The van der Waals surface area contributed by atoms with Crippen molar-refractivity contribution in [2.45, 2.75) is 4.90 Å². The molecule has 1 aliphatic rings. The van der Waals surface area contributed by atoms with Crippen LogP contribution in [-0.2, 0) is 10.0 Å². The summed E-state index contributed by atoms with van der Waals surface area (Å²) in [5.41, 5.74) is 2.84. The van der Waals surface area contributed by atoms with Gasteiger partial charge in [0.25, 0.3) is 5.69 Å². The van der Waals surface area contributed by atoms with Crippen molar-refractivity contribution in [2.24, 2.45) is 5.14 Å². The lowest BCUT2D eigenvalue weighted by Crippen LogP contribution is -2.46. The van der Waals surface area contributed by atoms with Crippen molar-refractivity contribution in [1.29, 1.82) is 0 Å². The summed E-state index contributed by atoms with van der Waals surface area (Å²) in [6.45, 7) is 2.92. The van der Waals surface area contributed by atoms with Crippen molar-refractivity contribution in [3.05, 3.63) is 28.3 Å². The molecule has 0 atom stereocenters. The first-order valence-corrected chi connectivity index (χ1v) is 7.46. The van der Waals surface area contributed by atoms with E-state index < -0.39 is 14.9 Å². The van der Waals surface area contributed by atoms with E-state index in [9.17, 15) is 18.5 Å². The second-order valence-corrected chi connectivity index (χ2v) is 5.89. The van der Waals surface area contributed by atoms with E-state index in [2.05, 4.69) is 10.7 Å². The summed E-state index contributed by atoms with van der Waals surface area (Å²) in [7, 11) is -3.96. The molecule has 0 aliphatic carbocycles. The molecule has 1 aromatic rings. The summed E-state index contributed by atoms with van der Waals surface area (Å²) >= 11 is 0. The maximum atomic E-state index is 11.2. The molecule has 4 N–H and O–H groups in total. The van der Waals surface area contributed by atoms with Crippen molar-refractivity contribution < 1.29 is 13.3 Å². The SMILES string of the molecule is NS(=O)(=O)c1ccc(NN2CCNCC2)c([N+](=O)[O-])c1. The third-order valence-corrected chi connectivity index (χ3v) is 3.80. The third-order valence-electron chi connectivity index (χ3n) is 2.89. The zero-order valence-electron chi connectivity index (χ0n) is 10.6. The van der Waals surface area contributed by atoms with Gasteiger partial charge in [0.15, 0.2) is 0 Å². The summed E-state index contributed by atoms with van der Waals surface area (Å²) in [6.07, 6.45) is 0. The Morgan fingerprint density at radius 1 is 1.35 bits per heavy atom. The number of hydrogen-bond acceptors (Lipinski definition) is 7. The summed E-state index contributed by atoms with van der Waals surface area (Å²) < 4.78 is 22.5. The number of nitrogens with two attached hydrogens (primary N) is 1. The fraction of sp³-hybridized carbons (Fsp3) is 0.400. The first kappa shape index (κ1) is 14.7. The Morgan fingerprint density at radius 3 is 2.55 bits per heavy atom. The van der Waals surface area contributed by atoms with E-state index in [4.69, 9.17) is 5.14 Å². The van der Waals surface area contributed by atoms with E-state index in [1.54, 1.807) is 0 Å². The van der Waals surface area contributed by atoms with Crippen LogP contribution in [0.1, 0.15) is 0 Å². The van der Waals surface area contributed by atoms with Crippen LogP contribution in [0.4, 0.5) is 11.4 Å². The fourth-order valence-corrected chi connectivity index (χ4v) is 2.41. The van der Waals surface area contributed by atoms with Crippen LogP contribution < -0.4 is 15.9 Å². The van der Waals surface area contributed by atoms with Gasteiger partial charge in [-0.1, -0.05) is 0 Å². The van der Waals surface area contributed by atoms with Crippen LogP contribution in [0.25, 0.3) is 0 Å². The second-order valence-electron chi connectivity index (χ2n) is 4.33. The van der Waals surface area contributed by atoms with Crippen LogP contribution in [0.2, 0.25) is 0 Å². The number of sulfonamides is 1. The molecule has 1 saturated heterocycles. The van der Waals surface area contributed by atoms with Gasteiger partial charge in [-0.05, 0) is 12.1 Å². The molecule has 0 amide bonds. The predicted molar refractivity (Wildman–Crippen MR) is 72.5 cm³/mol. The zero-order valence-corrected chi connectivity index (χ0v) is 11.4. The molecular weight excluding hydrogens is 286 g/mol. The average Bonchev–Trinajstić information content (AvgIpc) is 2.38. The van der Waals surface area contributed by atoms with Crippen molar-refractivity contribution in [2.75, 3.05) is 31.6 Å². The molecule has 110 valence electrons. The van der Waals surface area contributed by atoms with Gasteiger partial charge >= 0.3 is 0 Å². The standard InChI is InChI=1S/C10H15N5O4S/c11-20(18,19)8-1-2-9(10(7-8)15(16)17)13-14-5-3-12-4-6-14/h1-2,7,12-13H,3-6H2,(H2,11,18,19). The lowest BCUT2D eigenvalue weighted by Gasteiger charge is -2.28. The van der Waals surface area contributed by atoms with Crippen molar-refractivity contribution in [3.8, 4) is 0 Å². The third kappa shape index (κ3) is 3.42. The molecule has 9 nitrogen and oxygen atoms in total. The van der Waals surface area contributed by atoms with Gasteiger partial charge in [-0.3, -0.25) is 10.1 Å². The van der Waals surface area contributed by atoms with Crippen molar-refractivity contribution >= 4 is 21.4 Å². The molecular formula is C10H15N5O4S. The van der Waals surface area contributed by atoms with Crippen LogP contribution in [0.15, 0.2) is 23.1 Å². The van der Waals surface area contributed by atoms with Gasteiger partial charge < -0.3 is 10.7 Å². The Hall–Kier alpha value is -1.75. The van der Waals surface area contributed by atoms with Gasteiger partial charge in [0, 0.05) is 32.2 Å². The van der Waals surface area contributed by atoms with E-state index in [1.165, 1.54) is 12.1 Å². The van der Waals surface area contributed by atoms with Gasteiger partial charge in [-0.15, -0.1) is 0 Å². The maximum Gasteiger partial charge on any atom is 0.295 e. The highest BCUT2D eigenvalue weighted by Gasteiger charge is 2.21. The topological polar surface area (TPSA) is 131 Å². The molecule has 1 heterocycles. The number of benzene rings is 1. The number of primary sulfonamides is 1. The van der Waals surface area contributed by atoms with Crippen molar-refractivity contribution in [3.63, 3.8) is 0 Å². The summed E-state index contributed by atoms with van der Waals surface area (Å²) in [5.74, 6) is 0. The smallest absolute Gasteiger partial charge is 0.295 e. The number of nitro benzene ring substituents is 1. The lowest BCUT2D eigenvalue weighted by atomic mass is 10.3. The molecule has 1 aromatic carbocycles. The van der Waals surface area contributed by atoms with Crippen LogP contribution in [0, 0.1) is 10.1 Å². The van der Waals surface area contributed by atoms with Gasteiger partial charge in [-0.25, -0.2) is 18.6 Å². The summed E-state index contributed by atoms with van der Waals surface area (Å²) in [4.78, 5) is 10.1. The Kier molecular flexibility index (Phi) is 4.18. The molecule has 1 fully saturated rings. The molecule has 0 radical (unpaired) electrons. The predicted octanol–water partition coefficient (Wildman–Crippen LogP) is -0.526. The van der Waals surface area contributed by atoms with Crippen LogP contribution >= 0.6 is 0 Å². The number of rotatable bonds is 4. The number of hydrogen-bond donors (Lipinski definition) is 3. The highest BCUT2D eigenvalue weighted by atomic mass is 32.2. The minimum absolute atomic E-state index is 0.240. The molecule has 0 spiro atoms. The van der Waals surface area contributed by atoms with Crippen molar-refractivity contribution in [1.82, 2.24) is 10.3 Å². The van der Waals surface area contributed by atoms with Gasteiger partial charge in [0.1, 0.15) is 5.69 Å². The largest absolute Gasteiger partial charge is 0.314 e. The van der Waals surface area contributed by atoms with Gasteiger partial charge in [0.2, 0.25) is 10.0 Å². The van der Waals surface area contributed by atoms with E-state index >= 15 is 0 Å².